The number of nitrogens with zero attached hydrogens (tertiary/aromatic N) is 3. The maximum atomic E-state index is 10.5. The van der Waals surface area contributed by atoms with Crippen LogP contribution in [-0.4, -0.2) is 31.6 Å². The van der Waals surface area contributed by atoms with Crippen molar-refractivity contribution >= 4 is 40.9 Å². The zero-order valence-corrected chi connectivity index (χ0v) is 12.1. The maximum Gasteiger partial charge on any atom is 0.313 e. The lowest BCUT2D eigenvalue weighted by Gasteiger charge is -2.00. The molecular weight excluding hydrogens is 309 g/mol. The van der Waals surface area contributed by atoms with Crippen LogP contribution < -0.4 is 0 Å². The summed E-state index contributed by atoms with van der Waals surface area (Å²) in [6.07, 6.45) is 0. The fraction of sp³-hybridized carbons (Fsp3) is 0.182. The summed E-state index contributed by atoms with van der Waals surface area (Å²) in [6, 6.07) is 5.19. The third kappa shape index (κ3) is 3.20. The van der Waals surface area contributed by atoms with Gasteiger partial charge < -0.3 is 5.11 Å². The number of aliphatic carboxylic acids is 1. The Labute approximate surface area is 123 Å². The highest BCUT2D eigenvalue weighted by atomic mass is 35.5. The second-order valence-corrected chi connectivity index (χ2v) is 5.35. The number of benzene rings is 1. The van der Waals surface area contributed by atoms with E-state index in [1.54, 1.807) is 25.2 Å². The van der Waals surface area contributed by atoms with Crippen LogP contribution >= 0.6 is 35.0 Å². The van der Waals surface area contributed by atoms with Gasteiger partial charge in [-0.3, -0.25) is 4.79 Å². The van der Waals surface area contributed by atoms with E-state index in [0.29, 0.717) is 26.6 Å². The van der Waals surface area contributed by atoms with E-state index in [0.717, 1.165) is 11.8 Å². The molecule has 0 aliphatic heterocycles. The summed E-state index contributed by atoms with van der Waals surface area (Å²) < 4.78 is 1.51. The molecule has 2 aromatic rings. The molecule has 1 aromatic carbocycles. The Morgan fingerprint density at radius 1 is 1.47 bits per heavy atom. The van der Waals surface area contributed by atoms with Gasteiger partial charge in [-0.15, -0.1) is 0 Å². The monoisotopic (exact) mass is 317 g/mol. The summed E-state index contributed by atoms with van der Waals surface area (Å²) >= 11 is 13.1. The quantitative estimate of drug-likeness (QED) is 0.878. The number of halogens is 2. The van der Waals surface area contributed by atoms with Crippen LogP contribution in [0.5, 0.6) is 0 Å². The van der Waals surface area contributed by atoms with Crippen LogP contribution in [0.25, 0.3) is 11.4 Å². The molecule has 1 heterocycles. The molecule has 0 bridgehead atoms. The first-order valence-electron chi connectivity index (χ1n) is 5.19. The number of thioether (sulfide) groups is 1. The number of aryl methyl sites for hydroxylation is 1. The SMILES string of the molecule is Cn1nc(-c2cccc(Cl)c2Cl)nc1SCC(=O)O. The van der Waals surface area contributed by atoms with Gasteiger partial charge in [-0.05, 0) is 12.1 Å². The van der Waals surface area contributed by atoms with Gasteiger partial charge in [0.1, 0.15) is 0 Å². The topological polar surface area (TPSA) is 68.0 Å². The molecule has 0 saturated carbocycles. The van der Waals surface area contributed by atoms with Crippen LogP contribution in [-0.2, 0) is 11.8 Å². The molecular formula is C11H9Cl2N3O2S. The van der Waals surface area contributed by atoms with Gasteiger partial charge in [-0.1, -0.05) is 41.0 Å². The first-order valence-corrected chi connectivity index (χ1v) is 6.93. The second kappa shape index (κ2) is 5.81. The molecule has 2 rings (SSSR count). The lowest BCUT2D eigenvalue weighted by molar-refractivity contribution is -0.133. The van der Waals surface area contributed by atoms with E-state index in [9.17, 15) is 4.79 Å². The number of rotatable bonds is 4. The molecule has 0 atom stereocenters. The summed E-state index contributed by atoms with van der Waals surface area (Å²) in [6.45, 7) is 0. The molecule has 0 amide bonds. The number of carbonyl (C=O) groups is 1. The summed E-state index contributed by atoms with van der Waals surface area (Å²) in [7, 11) is 1.69. The normalized spacial score (nSPS) is 10.7. The Morgan fingerprint density at radius 3 is 2.89 bits per heavy atom. The van der Waals surface area contributed by atoms with Gasteiger partial charge in [0.25, 0.3) is 0 Å². The smallest absolute Gasteiger partial charge is 0.313 e. The molecule has 1 N–H and O–H groups in total. The van der Waals surface area contributed by atoms with Crippen LogP contribution in [0.4, 0.5) is 0 Å². The summed E-state index contributed by atoms with van der Waals surface area (Å²) in [5.74, 6) is -0.562. The molecule has 0 aliphatic rings. The van der Waals surface area contributed by atoms with Crippen LogP contribution in [0.2, 0.25) is 10.0 Å². The maximum absolute atomic E-state index is 10.5. The summed E-state index contributed by atoms with van der Waals surface area (Å²) in [5.41, 5.74) is 0.618. The van der Waals surface area contributed by atoms with E-state index < -0.39 is 5.97 Å². The lowest BCUT2D eigenvalue weighted by Crippen LogP contribution is -2.00. The van der Waals surface area contributed by atoms with Crippen LogP contribution in [0, 0.1) is 0 Å². The number of hydrogen-bond acceptors (Lipinski definition) is 4. The van der Waals surface area contributed by atoms with E-state index in [1.165, 1.54) is 4.68 Å². The molecule has 0 saturated heterocycles. The number of aromatic nitrogens is 3. The number of carboxylic acid groups (broad SMARTS) is 1. The minimum atomic E-state index is -0.907. The highest BCUT2D eigenvalue weighted by molar-refractivity contribution is 7.99. The first-order chi connectivity index (χ1) is 8.99. The standard InChI is InChI=1S/C11H9Cl2N3O2S/c1-16-11(19-5-8(17)18)14-10(15-16)6-3-2-4-7(12)9(6)13/h2-4H,5H2,1H3,(H,17,18). The molecule has 5 nitrogen and oxygen atoms in total. The van der Waals surface area contributed by atoms with Crippen molar-refractivity contribution in [3.63, 3.8) is 0 Å². The van der Waals surface area contributed by atoms with E-state index >= 15 is 0 Å². The van der Waals surface area contributed by atoms with E-state index in [1.807, 2.05) is 0 Å². The molecule has 0 fully saturated rings. The minimum absolute atomic E-state index is 0.0742. The third-order valence-corrected chi connectivity index (χ3v) is 4.06. The van der Waals surface area contributed by atoms with E-state index in [-0.39, 0.29) is 5.75 Å². The number of hydrogen-bond donors (Lipinski definition) is 1. The predicted octanol–water partition coefficient (Wildman–Crippen LogP) is 2.97. The van der Waals surface area contributed by atoms with Crippen molar-refractivity contribution < 1.29 is 9.90 Å². The molecule has 8 heteroatoms. The van der Waals surface area contributed by atoms with Gasteiger partial charge in [0.15, 0.2) is 11.0 Å². The third-order valence-electron chi connectivity index (χ3n) is 2.24. The van der Waals surface area contributed by atoms with Gasteiger partial charge in [-0.2, -0.15) is 5.10 Å². The van der Waals surface area contributed by atoms with Gasteiger partial charge in [0, 0.05) is 12.6 Å². The van der Waals surface area contributed by atoms with Gasteiger partial charge >= 0.3 is 5.97 Å². The average Bonchev–Trinajstić information content (AvgIpc) is 2.71. The highest BCUT2D eigenvalue weighted by Crippen LogP contribution is 2.32. The fourth-order valence-corrected chi connectivity index (χ4v) is 2.43. The van der Waals surface area contributed by atoms with Gasteiger partial charge in [0.05, 0.1) is 15.8 Å². The molecule has 19 heavy (non-hydrogen) atoms. The van der Waals surface area contributed by atoms with E-state index in [2.05, 4.69) is 10.1 Å². The largest absolute Gasteiger partial charge is 0.481 e. The van der Waals surface area contributed by atoms with E-state index in [4.69, 9.17) is 28.3 Å². The summed E-state index contributed by atoms with van der Waals surface area (Å²) in [4.78, 5) is 14.8. The molecule has 0 spiro atoms. The van der Waals surface area contributed by atoms with Crippen molar-refractivity contribution in [1.29, 1.82) is 0 Å². The minimum Gasteiger partial charge on any atom is -0.481 e. The van der Waals surface area contributed by atoms with Crippen LogP contribution in [0.1, 0.15) is 0 Å². The Balaban J connectivity index is 2.34. The van der Waals surface area contributed by atoms with Gasteiger partial charge in [0.2, 0.25) is 0 Å². The lowest BCUT2D eigenvalue weighted by atomic mass is 10.2. The highest BCUT2D eigenvalue weighted by Gasteiger charge is 2.14. The van der Waals surface area contributed by atoms with Crippen molar-refractivity contribution in [1.82, 2.24) is 14.8 Å². The van der Waals surface area contributed by atoms with Crippen molar-refractivity contribution in [3.05, 3.63) is 28.2 Å². The molecule has 0 unspecified atom stereocenters. The number of carboxylic acids is 1. The first kappa shape index (κ1) is 14.2. The molecule has 100 valence electrons. The van der Waals surface area contributed by atoms with Crippen molar-refractivity contribution in [3.8, 4) is 11.4 Å². The van der Waals surface area contributed by atoms with Crippen LogP contribution in [0.15, 0.2) is 23.4 Å². The Hall–Kier alpha value is -1.24. The Kier molecular flexibility index (Phi) is 4.34. The van der Waals surface area contributed by atoms with Gasteiger partial charge in [-0.25, -0.2) is 9.67 Å². The molecule has 0 aliphatic carbocycles. The van der Waals surface area contributed by atoms with Crippen molar-refractivity contribution in [2.24, 2.45) is 7.05 Å². The van der Waals surface area contributed by atoms with Crippen LogP contribution in [0.3, 0.4) is 0 Å². The Bertz CT molecular complexity index is 630. The average molecular weight is 318 g/mol. The zero-order valence-electron chi connectivity index (χ0n) is 9.80. The summed E-state index contributed by atoms with van der Waals surface area (Å²) in [5, 5.41) is 14.2. The predicted molar refractivity (Wildman–Crippen MR) is 74.8 cm³/mol. The molecule has 1 aromatic heterocycles. The van der Waals surface area contributed by atoms with Crippen molar-refractivity contribution in [2.75, 3.05) is 5.75 Å². The molecule has 0 radical (unpaired) electrons. The Morgan fingerprint density at radius 2 is 2.21 bits per heavy atom. The van der Waals surface area contributed by atoms with Crippen molar-refractivity contribution in [2.45, 2.75) is 5.16 Å². The second-order valence-electron chi connectivity index (χ2n) is 3.63. The zero-order chi connectivity index (χ0) is 14.0. The fourth-order valence-electron chi connectivity index (χ4n) is 1.41.